The van der Waals surface area contributed by atoms with Crippen molar-refractivity contribution in [1.82, 2.24) is 5.32 Å². The van der Waals surface area contributed by atoms with Crippen molar-refractivity contribution < 1.29 is 28.6 Å². The first-order chi connectivity index (χ1) is 13.5. The first kappa shape index (κ1) is 22.3. The number of hydrogen-bond donors (Lipinski definition) is 2. The number of ether oxygens (including phenoxy) is 3. The van der Waals surface area contributed by atoms with Crippen LogP contribution in [0.3, 0.4) is 0 Å². The molecule has 1 aliphatic carbocycles. The lowest BCUT2D eigenvalue weighted by atomic mass is 9.95. The summed E-state index contributed by atoms with van der Waals surface area (Å²) in [4.78, 5) is 36.8. The lowest BCUT2D eigenvalue weighted by Crippen LogP contribution is -2.34. The number of carbonyl (C=O) groups is 3. The van der Waals surface area contributed by atoms with E-state index in [-0.39, 0.29) is 24.6 Å². The number of hydrogen-bond acceptors (Lipinski definition) is 8. The van der Waals surface area contributed by atoms with Gasteiger partial charge < -0.3 is 24.8 Å². The second-order valence-corrected chi connectivity index (χ2v) is 7.64. The second-order valence-electron chi connectivity index (χ2n) is 6.12. The molecular weight excluding hydrogens is 404 g/mol. The Morgan fingerprint density at radius 3 is 2.57 bits per heavy atom. The van der Waals surface area contributed by atoms with E-state index in [0.29, 0.717) is 17.2 Å². The molecule has 2 rings (SSSR count). The molecular formula is C18H24N2O6S2. The van der Waals surface area contributed by atoms with Gasteiger partial charge in [0.15, 0.2) is 5.11 Å². The predicted octanol–water partition coefficient (Wildman–Crippen LogP) is 2.20. The van der Waals surface area contributed by atoms with Crippen LogP contribution in [-0.4, -0.2) is 50.4 Å². The molecule has 1 heterocycles. The van der Waals surface area contributed by atoms with Gasteiger partial charge in [-0.3, -0.25) is 9.59 Å². The van der Waals surface area contributed by atoms with Crippen molar-refractivity contribution in [1.29, 1.82) is 0 Å². The fraction of sp³-hybridized carbons (Fsp3) is 0.556. The van der Waals surface area contributed by atoms with Crippen LogP contribution in [0.5, 0.6) is 0 Å². The quantitative estimate of drug-likeness (QED) is 0.369. The molecule has 0 radical (unpaired) electrons. The summed E-state index contributed by atoms with van der Waals surface area (Å²) < 4.78 is 14.6. The van der Waals surface area contributed by atoms with Crippen LogP contribution in [0.4, 0.5) is 5.00 Å². The van der Waals surface area contributed by atoms with Gasteiger partial charge in [-0.25, -0.2) is 4.79 Å². The summed E-state index contributed by atoms with van der Waals surface area (Å²) in [7, 11) is 2.84. The number of nitrogens with one attached hydrogen (secondary N) is 2. The Labute approximate surface area is 172 Å². The smallest absolute Gasteiger partial charge is 0.341 e. The van der Waals surface area contributed by atoms with E-state index in [1.807, 2.05) is 0 Å². The first-order valence-corrected chi connectivity index (χ1v) is 10.2. The molecule has 1 aromatic rings. The van der Waals surface area contributed by atoms with Crippen molar-refractivity contribution in [2.75, 3.05) is 32.8 Å². The second kappa shape index (κ2) is 11.1. The van der Waals surface area contributed by atoms with Gasteiger partial charge in [0.2, 0.25) is 5.91 Å². The van der Waals surface area contributed by atoms with Crippen LogP contribution < -0.4 is 10.6 Å². The molecule has 1 aromatic heterocycles. The Bertz CT molecular complexity index is 747. The van der Waals surface area contributed by atoms with E-state index in [4.69, 9.17) is 26.4 Å². The average molecular weight is 429 g/mol. The van der Waals surface area contributed by atoms with Gasteiger partial charge in [-0.15, -0.1) is 11.3 Å². The van der Waals surface area contributed by atoms with Gasteiger partial charge >= 0.3 is 11.9 Å². The van der Waals surface area contributed by atoms with Crippen LogP contribution >= 0.6 is 23.6 Å². The van der Waals surface area contributed by atoms with E-state index in [9.17, 15) is 14.4 Å². The standard InChI is InChI=1S/C18H24N2O6S2/c1-24-9-10-26-14(22)8-7-13(21)19-18(27)20-16-15(17(23)25-2)11-5-3-4-6-12(11)28-16/h3-10H2,1-2H3,(H2,19,20,21,27). The molecule has 0 fully saturated rings. The lowest BCUT2D eigenvalue weighted by Gasteiger charge is -2.12. The molecule has 0 aliphatic heterocycles. The fourth-order valence-electron chi connectivity index (χ4n) is 2.82. The normalized spacial score (nSPS) is 12.6. The van der Waals surface area contributed by atoms with E-state index < -0.39 is 17.8 Å². The van der Waals surface area contributed by atoms with Gasteiger partial charge in [-0.2, -0.15) is 0 Å². The van der Waals surface area contributed by atoms with Gasteiger partial charge in [0, 0.05) is 18.4 Å². The Kier molecular flexibility index (Phi) is 8.81. The summed E-state index contributed by atoms with van der Waals surface area (Å²) in [5, 5.41) is 6.09. The zero-order valence-corrected chi connectivity index (χ0v) is 17.6. The molecule has 8 nitrogen and oxygen atoms in total. The molecule has 10 heteroatoms. The maximum atomic E-state index is 12.2. The third-order valence-electron chi connectivity index (χ3n) is 4.15. The Morgan fingerprint density at radius 1 is 1.11 bits per heavy atom. The highest BCUT2D eigenvalue weighted by Gasteiger charge is 2.26. The van der Waals surface area contributed by atoms with Gasteiger partial charge in [0.1, 0.15) is 11.6 Å². The van der Waals surface area contributed by atoms with E-state index in [1.54, 1.807) is 0 Å². The van der Waals surface area contributed by atoms with Crippen LogP contribution in [0.25, 0.3) is 0 Å². The number of aryl methyl sites for hydroxylation is 1. The van der Waals surface area contributed by atoms with Crippen molar-refractivity contribution >= 4 is 51.5 Å². The molecule has 2 N–H and O–H groups in total. The monoisotopic (exact) mass is 428 g/mol. The highest BCUT2D eigenvalue weighted by molar-refractivity contribution is 7.80. The molecule has 28 heavy (non-hydrogen) atoms. The number of amides is 1. The number of thiocarbonyl (C=S) groups is 1. The SMILES string of the molecule is COCCOC(=O)CCC(=O)NC(=S)Nc1sc2c(c1C(=O)OC)CCCC2. The van der Waals surface area contributed by atoms with Crippen LogP contribution in [-0.2, 0) is 36.6 Å². The van der Waals surface area contributed by atoms with E-state index in [1.165, 1.54) is 25.6 Å². The topological polar surface area (TPSA) is 103 Å². The molecule has 0 spiro atoms. The van der Waals surface area contributed by atoms with Crippen LogP contribution in [0.15, 0.2) is 0 Å². The molecule has 1 aliphatic rings. The Hall–Kier alpha value is -2.04. The van der Waals surface area contributed by atoms with Gasteiger partial charge in [0.05, 0.1) is 25.7 Å². The largest absolute Gasteiger partial charge is 0.465 e. The number of fused-ring (bicyclic) bond motifs is 1. The molecule has 0 aromatic carbocycles. The van der Waals surface area contributed by atoms with Gasteiger partial charge in [-0.05, 0) is 43.5 Å². The third kappa shape index (κ3) is 6.25. The van der Waals surface area contributed by atoms with Crippen molar-refractivity contribution in [3.05, 3.63) is 16.0 Å². The van der Waals surface area contributed by atoms with Crippen molar-refractivity contribution in [2.24, 2.45) is 0 Å². The highest BCUT2D eigenvalue weighted by Crippen LogP contribution is 2.38. The summed E-state index contributed by atoms with van der Waals surface area (Å²) in [6.45, 7) is 0.454. The summed E-state index contributed by atoms with van der Waals surface area (Å²) in [5.74, 6) is -1.32. The summed E-state index contributed by atoms with van der Waals surface area (Å²) in [6.07, 6.45) is 3.72. The summed E-state index contributed by atoms with van der Waals surface area (Å²) in [5.41, 5.74) is 1.49. The summed E-state index contributed by atoms with van der Waals surface area (Å²) >= 11 is 6.63. The summed E-state index contributed by atoms with van der Waals surface area (Å²) in [6, 6.07) is 0. The minimum atomic E-state index is -0.481. The number of carbonyl (C=O) groups excluding carboxylic acids is 3. The van der Waals surface area contributed by atoms with Gasteiger partial charge in [0.25, 0.3) is 0 Å². The Balaban J connectivity index is 1.90. The van der Waals surface area contributed by atoms with Crippen molar-refractivity contribution in [3.8, 4) is 0 Å². The molecule has 0 saturated carbocycles. The van der Waals surface area contributed by atoms with Crippen LogP contribution in [0.2, 0.25) is 0 Å². The number of esters is 2. The average Bonchev–Trinajstić information content (AvgIpc) is 3.03. The minimum Gasteiger partial charge on any atom is -0.465 e. The van der Waals surface area contributed by atoms with Crippen LogP contribution in [0.1, 0.15) is 46.5 Å². The molecule has 0 unspecified atom stereocenters. The van der Waals surface area contributed by atoms with Crippen molar-refractivity contribution in [2.45, 2.75) is 38.5 Å². The zero-order valence-electron chi connectivity index (χ0n) is 15.9. The first-order valence-electron chi connectivity index (χ1n) is 8.94. The van der Waals surface area contributed by atoms with E-state index in [2.05, 4.69) is 10.6 Å². The fourth-order valence-corrected chi connectivity index (χ4v) is 4.38. The van der Waals surface area contributed by atoms with E-state index in [0.717, 1.165) is 36.1 Å². The lowest BCUT2D eigenvalue weighted by molar-refractivity contribution is -0.146. The maximum absolute atomic E-state index is 12.2. The molecule has 154 valence electrons. The predicted molar refractivity (Wildman–Crippen MR) is 109 cm³/mol. The third-order valence-corrected chi connectivity index (χ3v) is 5.56. The van der Waals surface area contributed by atoms with E-state index >= 15 is 0 Å². The highest BCUT2D eigenvalue weighted by atomic mass is 32.1. The minimum absolute atomic E-state index is 0.0567. The molecule has 0 atom stereocenters. The number of rotatable bonds is 8. The van der Waals surface area contributed by atoms with Gasteiger partial charge in [-0.1, -0.05) is 0 Å². The maximum Gasteiger partial charge on any atom is 0.341 e. The molecule has 1 amide bonds. The molecule has 0 saturated heterocycles. The number of methoxy groups -OCH3 is 2. The number of thiophene rings is 1. The zero-order chi connectivity index (χ0) is 20.5. The van der Waals surface area contributed by atoms with Crippen LogP contribution in [0, 0.1) is 0 Å². The molecule has 0 bridgehead atoms. The number of anilines is 1. The van der Waals surface area contributed by atoms with Crippen molar-refractivity contribution in [3.63, 3.8) is 0 Å². The Morgan fingerprint density at radius 2 is 1.86 bits per heavy atom.